The molecule has 2 N–H and O–H groups in total. The fraction of sp³-hybridized carbons (Fsp3) is 0. The zero-order chi connectivity index (χ0) is 12.8. The summed E-state index contributed by atoms with van der Waals surface area (Å²) in [7, 11) is 0. The highest BCUT2D eigenvalue weighted by molar-refractivity contribution is 5.70. The molecule has 18 heavy (non-hydrogen) atoms. The Morgan fingerprint density at radius 1 is 0.889 bits per heavy atom. The molecule has 0 heterocycles. The molecule has 0 aromatic heterocycles. The summed E-state index contributed by atoms with van der Waals surface area (Å²) in [5.41, 5.74) is 9.34. The third-order valence-electron chi connectivity index (χ3n) is 2.42. The van der Waals surface area contributed by atoms with Gasteiger partial charge in [-0.2, -0.15) is 0 Å². The summed E-state index contributed by atoms with van der Waals surface area (Å²) in [6.07, 6.45) is 3.93. The summed E-state index contributed by atoms with van der Waals surface area (Å²) in [5, 5.41) is 12.8. The number of phenols is 1. The Morgan fingerprint density at radius 3 is 1.89 bits per heavy atom. The van der Waals surface area contributed by atoms with Gasteiger partial charge in [0.25, 0.3) is 0 Å². The molecule has 0 atom stereocenters. The Hall–Kier alpha value is -2.71. The van der Waals surface area contributed by atoms with Gasteiger partial charge in [-0.1, -0.05) is 36.4 Å². The fourth-order valence-electron chi connectivity index (χ4n) is 1.49. The lowest BCUT2D eigenvalue weighted by atomic mass is 10.1. The lowest BCUT2D eigenvalue weighted by Crippen LogP contribution is -1.73. The van der Waals surface area contributed by atoms with Gasteiger partial charge < -0.3 is 5.11 Å². The molecule has 0 spiro atoms. The predicted octanol–water partition coefficient (Wildman–Crippen LogP) is 3.74. The third-order valence-corrected chi connectivity index (χ3v) is 2.42. The van der Waals surface area contributed by atoms with Crippen LogP contribution < -0.4 is 4.91 Å². The molecule has 0 bridgehead atoms. The average Bonchev–Trinajstić information content (AvgIpc) is 2.40. The van der Waals surface area contributed by atoms with Crippen molar-refractivity contribution in [3.8, 4) is 5.75 Å². The van der Waals surface area contributed by atoms with Crippen LogP contribution in [0.3, 0.4) is 0 Å². The van der Waals surface area contributed by atoms with Crippen molar-refractivity contribution in [3.63, 3.8) is 0 Å². The second kappa shape index (κ2) is 5.57. The number of hydrogen-bond donors (Lipinski definition) is 2. The summed E-state index contributed by atoms with van der Waals surface area (Å²) >= 11 is 0. The SMILES string of the molecule is N=[N+]=Nc1ccc(/C=C/c2ccc(O)cc2)cc1. The standard InChI is InChI=1S/C14H11N3O/c15-17-16-13-7-3-11(4-8-13)1-2-12-5-9-14(18)10-6-12/h1-10,15H/p+1. The number of benzene rings is 2. The Bertz CT molecular complexity index is 594. The molecule has 0 aliphatic rings. The van der Waals surface area contributed by atoms with Crippen molar-refractivity contribution >= 4 is 17.8 Å². The van der Waals surface area contributed by atoms with Crippen molar-refractivity contribution in [3.05, 3.63) is 59.7 Å². The summed E-state index contributed by atoms with van der Waals surface area (Å²) in [6.45, 7) is 0. The maximum absolute atomic E-state index is 9.16. The van der Waals surface area contributed by atoms with E-state index in [1.807, 2.05) is 36.4 Å². The quantitative estimate of drug-likeness (QED) is 0.477. The first-order valence-corrected chi connectivity index (χ1v) is 5.42. The lowest BCUT2D eigenvalue weighted by molar-refractivity contribution is 0.475. The monoisotopic (exact) mass is 238 g/mol. The molecule has 0 saturated carbocycles. The van der Waals surface area contributed by atoms with E-state index < -0.39 is 0 Å². The van der Waals surface area contributed by atoms with E-state index in [-0.39, 0.29) is 5.75 Å². The molecule has 0 aliphatic carbocycles. The van der Waals surface area contributed by atoms with Crippen LogP contribution in [0.5, 0.6) is 5.75 Å². The highest BCUT2D eigenvalue weighted by atomic mass is 16.3. The number of nitrogens with zero attached hydrogens (tertiary/aromatic N) is 2. The number of hydrogen-bond acceptors (Lipinski definition) is 3. The second-order valence-corrected chi connectivity index (χ2v) is 3.72. The summed E-state index contributed by atoms with van der Waals surface area (Å²) in [4.78, 5) is 2.97. The minimum absolute atomic E-state index is 0.261. The predicted molar refractivity (Wildman–Crippen MR) is 70.4 cm³/mol. The van der Waals surface area contributed by atoms with Crippen LogP contribution in [0, 0.1) is 5.53 Å². The first-order chi connectivity index (χ1) is 8.78. The van der Waals surface area contributed by atoms with Crippen molar-refractivity contribution in [1.82, 2.24) is 4.91 Å². The van der Waals surface area contributed by atoms with Crippen molar-refractivity contribution < 1.29 is 5.11 Å². The van der Waals surface area contributed by atoms with Gasteiger partial charge in [-0.3, -0.25) is 0 Å². The highest BCUT2D eigenvalue weighted by Crippen LogP contribution is 2.15. The van der Waals surface area contributed by atoms with Gasteiger partial charge in [-0.15, -0.1) is 0 Å². The number of phenolic OH excluding ortho intramolecular Hbond substituents is 1. The zero-order valence-corrected chi connectivity index (χ0v) is 9.62. The second-order valence-electron chi connectivity index (χ2n) is 3.72. The maximum Gasteiger partial charge on any atom is 0.220 e. The molecule has 2 aromatic rings. The Balaban J connectivity index is 2.13. The van der Waals surface area contributed by atoms with E-state index >= 15 is 0 Å². The van der Waals surface area contributed by atoms with Crippen molar-refractivity contribution in [2.45, 2.75) is 0 Å². The van der Waals surface area contributed by atoms with Crippen LogP contribution in [0.4, 0.5) is 5.69 Å². The minimum atomic E-state index is 0.261. The van der Waals surface area contributed by atoms with E-state index in [1.54, 1.807) is 24.3 Å². The molecule has 0 fully saturated rings. The molecule has 0 aliphatic heterocycles. The van der Waals surface area contributed by atoms with Crippen LogP contribution in [0.1, 0.15) is 11.1 Å². The summed E-state index contributed by atoms with van der Waals surface area (Å²) in [6, 6.07) is 14.4. The molecule has 0 amide bonds. The summed E-state index contributed by atoms with van der Waals surface area (Å²) < 4.78 is 0. The van der Waals surface area contributed by atoms with Gasteiger partial charge in [0.2, 0.25) is 4.91 Å². The van der Waals surface area contributed by atoms with Crippen LogP contribution in [0.15, 0.2) is 53.6 Å². The smallest absolute Gasteiger partial charge is 0.220 e. The average molecular weight is 238 g/mol. The first kappa shape index (κ1) is 11.8. The zero-order valence-electron chi connectivity index (χ0n) is 9.62. The molecular weight excluding hydrogens is 226 g/mol. The molecule has 0 unspecified atom stereocenters. The largest absolute Gasteiger partial charge is 0.508 e. The van der Waals surface area contributed by atoms with Gasteiger partial charge in [0.15, 0.2) is 10.8 Å². The fourth-order valence-corrected chi connectivity index (χ4v) is 1.49. The van der Waals surface area contributed by atoms with Crippen LogP contribution in [-0.2, 0) is 0 Å². The van der Waals surface area contributed by atoms with Crippen molar-refractivity contribution in [1.29, 1.82) is 5.53 Å². The van der Waals surface area contributed by atoms with Gasteiger partial charge in [0.1, 0.15) is 11.3 Å². The molecule has 0 radical (unpaired) electrons. The van der Waals surface area contributed by atoms with E-state index in [9.17, 15) is 0 Å². The Kier molecular flexibility index (Phi) is 3.64. The number of aromatic hydroxyl groups is 1. The van der Waals surface area contributed by atoms with E-state index in [2.05, 4.69) is 10.0 Å². The van der Waals surface area contributed by atoms with Gasteiger partial charge in [-0.25, -0.2) is 0 Å². The third kappa shape index (κ3) is 3.14. The number of nitrogens with one attached hydrogen (secondary N) is 1. The molecular formula is C14H12N3O+. The van der Waals surface area contributed by atoms with E-state index in [1.165, 1.54) is 0 Å². The first-order valence-electron chi connectivity index (χ1n) is 5.42. The van der Waals surface area contributed by atoms with Crippen LogP contribution in [-0.4, -0.2) is 5.11 Å². The minimum Gasteiger partial charge on any atom is -0.508 e. The van der Waals surface area contributed by atoms with Crippen LogP contribution in [0.25, 0.3) is 12.2 Å². The Morgan fingerprint density at radius 2 is 1.39 bits per heavy atom. The van der Waals surface area contributed by atoms with Gasteiger partial charge in [0.05, 0.1) is 0 Å². The van der Waals surface area contributed by atoms with E-state index in [0.717, 1.165) is 11.1 Å². The van der Waals surface area contributed by atoms with Crippen molar-refractivity contribution in [2.24, 2.45) is 5.11 Å². The van der Waals surface area contributed by atoms with Crippen LogP contribution >= 0.6 is 0 Å². The molecule has 88 valence electrons. The van der Waals surface area contributed by atoms with Gasteiger partial charge >= 0.3 is 0 Å². The summed E-state index contributed by atoms with van der Waals surface area (Å²) in [5.74, 6) is 0.261. The molecule has 2 rings (SSSR count). The molecule has 2 aromatic carbocycles. The number of rotatable bonds is 3. The maximum atomic E-state index is 9.16. The molecule has 4 nitrogen and oxygen atoms in total. The van der Waals surface area contributed by atoms with E-state index in [4.69, 9.17) is 10.6 Å². The highest BCUT2D eigenvalue weighted by Gasteiger charge is 1.94. The topological polar surface area (TPSA) is 70.5 Å². The van der Waals surface area contributed by atoms with Crippen LogP contribution in [0.2, 0.25) is 0 Å². The molecule has 0 saturated heterocycles. The van der Waals surface area contributed by atoms with E-state index in [0.29, 0.717) is 5.69 Å². The van der Waals surface area contributed by atoms with Gasteiger partial charge in [0, 0.05) is 0 Å². The van der Waals surface area contributed by atoms with Crippen molar-refractivity contribution in [2.75, 3.05) is 0 Å². The lowest BCUT2D eigenvalue weighted by Gasteiger charge is -1.95. The molecule has 4 heteroatoms. The van der Waals surface area contributed by atoms with Gasteiger partial charge in [-0.05, 0) is 35.4 Å². The Labute approximate surface area is 104 Å². The normalized spacial score (nSPS) is 10.2.